The number of sulfonamides is 1. The van der Waals surface area contributed by atoms with Crippen LogP contribution in [0.25, 0.3) is 0 Å². The van der Waals surface area contributed by atoms with Crippen LogP contribution in [-0.2, 0) is 23.0 Å². The predicted molar refractivity (Wildman–Crippen MR) is 96.9 cm³/mol. The third-order valence-electron chi connectivity index (χ3n) is 5.14. The van der Waals surface area contributed by atoms with E-state index in [-0.39, 0.29) is 0 Å². The van der Waals surface area contributed by atoms with E-state index in [9.17, 15) is 8.42 Å². The van der Waals surface area contributed by atoms with Crippen molar-refractivity contribution in [3.05, 3.63) is 51.2 Å². The van der Waals surface area contributed by atoms with E-state index < -0.39 is 10.0 Å². The number of aryl methyl sites for hydroxylation is 2. The van der Waals surface area contributed by atoms with Crippen molar-refractivity contribution >= 4 is 21.4 Å². The van der Waals surface area contributed by atoms with Crippen LogP contribution in [0.15, 0.2) is 34.5 Å². The molecule has 3 heterocycles. The van der Waals surface area contributed by atoms with Crippen LogP contribution in [0.2, 0.25) is 0 Å². The van der Waals surface area contributed by atoms with E-state index in [0.717, 1.165) is 30.6 Å². The highest BCUT2D eigenvalue weighted by Gasteiger charge is 2.40. The fourth-order valence-electron chi connectivity index (χ4n) is 3.55. The molecule has 2 aromatic rings. The lowest BCUT2D eigenvalue weighted by molar-refractivity contribution is 0.0775. The van der Waals surface area contributed by atoms with Crippen molar-refractivity contribution < 1.29 is 8.42 Å². The van der Waals surface area contributed by atoms with Crippen molar-refractivity contribution in [2.45, 2.75) is 37.8 Å². The highest BCUT2D eigenvalue weighted by molar-refractivity contribution is 7.89. The van der Waals surface area contributed by atoms with Gasteiger partial charge in [-0.1, -0.05) is 12.1 Å². The maximum absolute atomic E-state index is 12.9. The van der Waals surface area contributed by atoms with Crippen molar-refractivity contribution in [2.24, 2.45) is 0 Å². The number of rotatable bonds is 3. The summed E-state index contributed by atoms with van der Waals surface area (Å²) < 4.78 is 27.4. The lowest BCUT2D eigenvalue weighted by atomic mass is 10.0. The van der Waals surface area contributed by atoms with Crippen LogP contribution in [0, 0.1) is 13.8 Å². The van der Waals surface area contributed by atoms with Crippen LogP contribution in [0.4, 0.5) is 0 Å². The molecule has 1 fully saturated rings. The van der Waals surface area contributed by atoms with E-state index in [1.807, 2.05) is 37.3 Å². The minimum absolute atomic E-state index is 0.345. The molecule has 0 saturated carbocycles. The van der Waals surface area contributed by atoms with Crippen LogP contribution in [0.5, 0.6) is 0 Å². The summed E-state index contributed by atoms with van der Waals surface area (Å²) in [7, 11) is -3.37. The molecular weight excluding hydrogens is 340 g/mol. The smallest absolute Gasteiger partial charge is 0.243 e. The van der Waals surface area contributed by atoms with Gasteiger partial charge in [-0.25, -0.2) is 8.42 Å². The third kappa shape index (κ3) is 2.71. The van der Waals surface area contributed by atoms with E-state index in [2.05, 4.69) is 16.3 Å². The number of hydrogen-bond donors (Lipinski definition) is 0. The molecule has 128 valence electrons. The first-order valence-electron chi connectivity index (χ1n) is 8.32. The maximum atomic E-state index is 12.9. The van der Waals surface area contributed by atoms with Crippen LogP contribution >= 0.6 is 11.3 Å². The highest BCUT2D eigenvalue weighted by atomic mass is 32.2. The lowest BCUT2D eigenvalue weighted by Gasteiger charge is -2.45. The maximum Gasteiger partial charge on any atom is 0.243 e. The SMILES string of the molecule is Cc1ccc(C)c(S(=O)(=O)N2CC(N3CCc4sccc4C3)C2)c1. The Kier molecular flexibility index (Phi) is 4.03. The summed E-state index contributed by atoms with van der Waals surface area (Å²) in [6, 6.07) is 8.19. The Hall–Kier alpha value is -1.21. The number of fused-ring (bicyclic) bond motifs is 1. The average Bonchev–Trinajstić information content (AvgIpc) is 2.95. The van der Waals surface area contributed by atoms with Gasteiger partial charge in [0.1, 0.15) is 0 Å². The van der Waals surface area contributed by atoms with Gasteiger partial charge in [-0.05, 0) is 54.5 Å². The Bertz CT molecular complexity index is 867. The first-order chi connectivity index (χ1) is 11.4. The van der Waals surface area contributed by atoms with Crippen LogP contribution in [0.3, 0.4) is 0 Å². The van der Waals surface area contributed by atoms with Gasteiger partial charge >= 0.3 is 0 Å². The van der Waals surface area contributed by atoms with E-state index in [4.69, 9.17) is 0 Å². The Morgan fingerprint density at radius 2 is 1.96 bits per heavy atom. The van der Waals surface area contributed by atoms with Gasteiger partial charge in [0.25, 0.3) is 0 Å². The molecule has 0 bridgehead atoms. The van der Waals surface area contributed by atoms with Crippen molar-refractivity contribution in [3.8, 4) is 0 Å². The summed E-state index contributed by atoms with van der Waals surface area (Å²) >= 11 is 1.84. The molecule has 1 aromatic heterocycles. The molecular formula is C18H22N2O2S2. The fraction of sp³-hybridized carbons (Fsp3) is 0.444. The van der Waals surface area contributed by atoms with Gasteiger partial charge in [-0.15, -0.1) is 11.3 Å². The monoisotopic (exact) mass is 362 g/mol. The summed E-state index contributed by atoms with van der Waals surface area (Å²) in [4.78, 5) is 4.38. The molecule has 0 spiro atoms. The predicted octanol–water partition coefficient (Wildman–Crippen LogP) is 2.80. The van der Waals surface area contributed by atoms with E-state index in [0.29, 0.717) is 24.0 Å². The van der Waals surface area contributed by atoms with Crippen molar-refractivity contribution in [3.63, 3.8) is 0 Å². The summed E-state index contributed by atoms with van der Waals surface area (Å²) in [5, 5.41) is 2.16. The minimum Gasteiger partial charge on any atom is -0.293 e. The second kappa shape index (κ2) is 5.95. The molecule has 24 heavy (non-hydrogen) atoms. The standard InChI is InChI=1S/C18H22N2O2S2/c1-13-3-4-14(2)18(9-13)24(21,22)20-11-16(12-20)19-7-5-17-15(10-19)6-8-23-17/h3-4,6,8-9,16H,5,7,10-12H2,1-2H3. The molecule has 0 aliphatic carbocycles. The van der Waals surface area contributed by atoms with E-state index in [1.165, 1.54) is 10.4 Å². The van der Waals surface area contributed by atoms with Crippen LogP contribution in [0.1, 0.15) is 21.6 Å². The summed E-state index contributed by atoms with van der Waals surface area (Å²) in [5.41, 5.74) is 3.23. The van der Waals surface area contributed by atoms with Crippen LogP contribution in [-0.4, -0.2) is 43.3 Å². The largest absolute Gasteiger partial charge is 0.293 e. The molecule has 0 amide bonds. The Morgan fingerprint density at radius 1 is 1.17 bits per heavy atom. The van der Waals surface area contributed by atoms with Crippen molar-refractivity contribution in [1.29, 1.82) is 0 Å². The topological polar surface area (TPSA) is 40.6 Å². The zero-order chi connectivity index (χ0) is 16.9. The Labute approximate surface area is 147 Å². The quantitative estimate of drug-likeness (QED) is 0.843. The molecule has 4 nitrogen and oxygen atoms in total. The Morgan fingerprint density at radius 3 is 2.75 bits per heavy atom. The molecule has 4 rings (SSSR count). The molecule has 0 radical (unpaired) electrons. The first-order valence-corrected chi connectivity index (χ1v) is 10.6. The number of benzene rings is 1. The summed E-state index contributed by atoms with van der Waals surface area (Å²) in [6.45, 7) is 7.01. The molecule has 0 unspecified atom stereocenters. The van der Waals surface area contributed by atoms with Crippen molar-refractivity contribution in [1.82, 2.24) is 9.21 Å². The fourth-order valence-corrected chi connectivity index (χ4v) is 6.26. The Balaban J connectivity index is 1.46. The average molecular weight is 363 g/mol. The summed E-state index contributed by atoms with van der Waals surface area (Å²) in [5.74, 6) is 0. The first kappa shape index (κ1) is 16.3. The zero-order valence-electron chi connectivity index (χ0n) is 14.0. The zero-order valence-corrected chi connectivity index (χ0v) is 15.7. The third-order valence-corrected chi connectivity index (χ3v) is 8.14. The lowest BCUT2D eigenvalue weighted by Crippen LogP contribution is -2.61. The second-order valence-corrected chi connectivity index (χ2v) is 9.74. The van der Waals surface area contributed by atoms with Crippen LogP contribution < -0.4 is 0 Å². The molecule has 1 aromatic carbocycles. The second-order valence-electron chi connectivity index (χ2n) is 6.83. The number of nitrogens with zero attached hydrogens (tertiary/aromatic N) is 2. The van der Waals surface area contributed by atoms with E-state index in [1.54, 1.807) is 10.4 Å². The van der Waals surface area contributed by atoms with Gasteiger partial charge < -0.3 is 0 Å². The number of hydrogen-bond acceptors (Lipinski definition) is 4. The highest BCUT2D eigenvalue weighted by Crippen LogP contribution is 2.31. The molecule has 2 aliphatic heterocycles. The van der Waals surface area contributed by atoms with Gasteiger partial charge in [-0.3, -0.25) is 4.90 Å². The van der Waals surface area contributed by atoms with Gasteiger partial charge in [0.15, 0.2) is 0 Å². The van der Waals surface area contributed by atoms with E-state index >= 15 is 0 Å². The van der Waals surface area contributed by atoms with Gasteiger partial charge in [0, 0.05) is 37.1 Å². The van der Waals surface area contributed by atoms with Gasteiger partial charge in [0.2, 0.25) is 10.0 Å². The van der Waals surface area contributed by atoms with Gasteiger partial charge in [0.05, 0.1) is 4.90 Å². The summed E-state index contributed by atoms with van der Waals surface area (Å²) in [6.07, 6.45) is 1.09. The van der Waals surface area contributed by atoms with Gasteiger partial charge in [-0.2, -0.15) is 4.31 Å². The minimum atomic E-state index is -3.37. The molecule has 0 atom stereocenters. The molecule has 0 N–H and O–H groups in total. The number of thiophene rings is 1. The molecule has 1 saturated heterocycles. The molecule has 2 aliphatic rings. The normalized spacial score (nSPS) is 19.9. The molecule has 6 heteroatoms. The van der Waals surface area contributed by atoms with Crippen molar-refractivity contribution in [2.75, 3.05) is 19.6 Å².